The average Bonchev–Trinajstić information content (AvgIpc) is 3.22. The number of carbonyl (C=O) groups excluding carboxylic acids is 1. The minimum absolute atomic E-state index is 0.123. The van der Waals surface area contributed by atoms with Crippen LogP contribution in [0.15, 0.2) is 18.2 Å². The minimum atomic E-state index is -0.123. The first-order chi connectivity index (χ1) is 14.2. The van der Waals surface area contributed by atoms with Gasteiger partial charge in [0.1, 0.15) is 17.3 Å². The Hall–Kier alpha value is -2.87. The summed E-state index contributed by atoms with van der Waals surface area (Å²) in [7, 11) is 1.75. The topological polar surface area (TPSA) is 85.8 Å². The van der Waals surface area contributed by atoms with Gasteiger partial charge in [-0.2, -0.15) is 0 Å². The van der Waals surface area contributed by atoms with Gasteiger partial charge < -0.3 is 24.4 Å². The molecule has 1 aromatic heterocycles. The van der Waals surface area contributed by atoms with Gasteiger partial charge in [0.15, 0.2) is 11.5 Å². The number of hydrogen-bond acceptors (Lipinski definition) is 7. The van der Waals surface area contributed by atoms with Crippen molar-refractivity contribution in [2.75, 3.05) is 38.4 Å². The van der Waals surface area contributed by atoms with Crippen LogP contribution in [-0.2, 0) is 17.6 Å². The summed E-state index contributed by atoms with van der Waals surface area (Å²) in [5.41, 5.74) is 2.46. The van der Waals surface area contributed by atoms with Crippen LogP contribution in [0.3, 0.4) is 0 Å². The minimum Gasteiger partial charge on any atom is -0.454 e. The highest BCUT2D eigenvalue weighted by molar-refractivity contribution is 5.96. The van der Waals surface area contributed by atoms with Crippen LogP contribution >= 0.6 is 0 Å². The van der Waals surface area contributed by atoms with E-state index in [2.05, 4.69) is 15.2 Å². The zero-order chi connectivity index (χ0) is 19.8. The van der Waals surface area contributed by atoms with Crippen LogP contribution in [0.2, 0.25) is 0 Å². The molecule has 0 saturated carbocycles. The Balaban J connectivity index is 1.50. The van der Waals surface area contributed by atoms with Crippen molar-refractivity contribution in [2.45, 2.75) is 31.8 Å². The second-order valence-corrected chi connectivity index (χ2v) is 7.61. The number of nitrogens with zero attached hydrogens (tertiary/aromatic N) is 3. The SMILES string of the molecule is COC1CCCN(c2nc(Cc3ccc4c(c3)OCO4)nc3c2CCNC3=O)C1. The molecule has 1 amide bonds. The zero-order valence-electron chi connectivity index (χ0n) is 16.4. The van der Waals surface area contributed by atoms with E-state index in [1.807, 2.05) is 18.2 Å². The lowest BCUT2D eigenvalue weighted by Crippen LogP contribution is -2.42. The highest BCUT2D eigenvalue weighted by Crippen LogP contribution is 2.33. The van der Waals surface area contributed by atoms with Gasteiger partial charge in [-0.15, -0.1) is 0 Å². The number of piperidine rings is 1. The number of methoxy groups -OCH3 is 1. The molecule has 1 unspecified atom stereocenters. The Kier molecular flexibility index (Phi) is 4.71. The first kappa shape index (κ1) is 18.2. The van der Waals surface area contributed by atoms with Crippen molar-refractivity contribution in [2.24, 2.45) is 0 Å². The first-order valence-electron chi connectivity index (χ1n) is 10.1. The molecule has 4 heterocycles. The van der Waals surface area contributed by atoms with Crippen molar-refractivity contribution in [1.29, 1.82) is 0 Å². The molecule has 5 rings (SSSR count). The van der Waals surface area contributed by atoms with Crippen molar-refractivity contribution < 1.29 is 19.0 Å². The highest BCUT2D eigenvalue weighted by Gasteiger charge is 2.29. The van der Waals surface area contributed by atoms with Gasteiger partial charge in [0, 0.05) is 38.7 Å². The largest absolute Gasteiger partial charge is 0.454 e. The summed E-state index contributed by atoms with van der Waals surface area (Å²) in [5.74, 6) is 2.87. The van der Waals surface area contributed by atoms with Crippen molar-refractivity contribution in [3.05, 3.63) is 40.8 Å². The van der Waals surface area contributed by atoms with Crippen LogP contribution in [0, 0.1) is 0 Å². The van der Waals surface area contributed by atoms with E-state index in [0.717, 1.165) is 60.8 Å². The number of amides is 1. The lowest BCUT2D eigenvalue weighted by atomic mass is 10.0. The summed E-state index contributed by atoms with van der Waals surface area (Å²) in [6, 6.07) is 5.84. The number of rotatable bonds is 4. The van der Waals surface area contributed by atoms with Gasteiger partial charge in [0.2, 0.25) is 6.79 Å². The summed E-state index contributed by atoms with van der Waals surface area (Å²) in [4.78, 5) is 24.3. The van der Waals surface area contributed by atoms with Crippen LogP contribution < -0.4 is 19.7 Å². The number of carbonyl (C=O) groups is 1. The van der Waals surface area contributed by atoms with Crippen molar-refractivity contribution in [3.8, 4) is 11.5 Å². The molecular weight excluding hydrogens is 372 g/mol. The van der Waals surface area contributed by atoms with E-state index in [9.17, 15) is 4.79 Å². The zero-order valence-corrected chi connectivity index (χ0v) is 16.4. The van der Waals surface area contributed by atoms with Gasteiger partial charge >= 0.3 is 0 Å². The Morgan fingerprint density at radius 1 is 1.28 bits per heavy atom. The molecule has 8 nitrogen and oxygen atoms in total. The highest BCUT2D eigenvalue weighted by atomic mass is 16.7. The van der Waals surface area contributed by atoms with Gasteiger partial charge in [-0.3, -0.25) is 4.79 Å². The molecule has 1 fully saturated rings. The normalized spacial score (nSPS) is 20.4. The maximum absolute atomic E-state index is 12.5. The number of ether oxygens (including phenoxy) is 3. The number of benzene rings is 1. The second-order valence-electron chi connectivity index (χ2n) is 7.61. The Labute approximate surface area is 169 Å². The van der Waals surface area contributed by atoms with Gasteiger partial charge in [0.25, 0.3) is 5.91 Å². The number of anilines is 1. The van der Waals surface area contributed by atoms with E-state index in [0.29, 0.717) is 24.5 Å². The number of nitrogens with one attached hydrogen (secondary N) is 1. The number of hydrogen-bond donors (Lipinski definition) is 1. The van der Waals surface area contributed by atoms with Crippen LogP contribution in [0.4, 0.5) is 5.82 Å². The third kappa shape index (κ3) is 3.48. The number of fused-ring (bicyclic) bond motifs is 2. The standard InChI is InChI=1S/C21H24N4O4/c1-27-14-3-2-8-25(11-14)20-15-6-7-22-21(26)19(15)23-18(24-20)10-13-4-5-16-17(9-13)29-12-28-16/h4-5,9,14H,2-3,6-8,10-12H2,1H3,(H,22,26). The number of aromatic nitrogens is 2. The molecule has 1 atom stereocenters. The summed E-state index contributed by atoms with van der Waals surface area (Å²) in [6.45, 7) is 2.55. The summed E-state index contributed by atoms with van der Waals surface area (Å²) < 4.78 is 16.5. The fourth-order valence-electron chi connectivity index (χ4n) is 4.22. The molecule has 8 heteroatoms. The molecule has 0 bridgehead atoms. The van der Waals surface area contributed by atoms with Crippen LogP contribution in [-0.4, -0.2) is 55.5 Å². The summed E-state index contributed by atoms with van der Waals surface area (Å²) in [6.07, 6.45) is 3.54. The van der Waals surface area contributed by atoms with Gasteiger partial charge in [-0.05, 0) is 37.0 Å². The monoisotopic (exact) mass is 396 g/mol. The molecule has 2 aromatic rings. The molecule has 152 valence electrons. The van der Waals surface area contributed by atoms with Crippen molar-refractivity contribution >= 4 is 11.7 Å². The van der Waals surface area contributed by atoms with E-state index >= 15 is 0 Å². The molecule has 1 N–H and O–H groups in total. The third-order valence-electron chi connectivity index (χ3n) is 5.72. The molecule has 0 spiro atoms. The van der Waals surface area contributed by atoms with E-state index in [1.54, 1.807) is 7.11 Å². The van der Waals surface area contributed by atoms with Crippen molar-refractivity contribution in [1.82, 2.24) is 15.3 Å². The predicted molar refractivity (Wildman–Crippen MR) is 106 cm³/mol. The van der Waals surface area contributed by atoms with Crippen LogP contribution in [0.1, 0.15) is 40.3 Å². The summed E-state index contributed by atoms with van der Waals surface area (Å²) >= 11 is 0. The Bertz CT molecular complexity index is 949. The molecule has 1 aromatic carbocycles. The maximum atomic E-state index is 12.5. The van der Waals surface area contributed by atoms with Crippen LogP contribution in [0.5, 0.6) is 11.5 Å². The molecule has 3 aliphatic rings. The van der Waals surface area contributed by atoms with Crippen molar-refractivity contribution in [3.63, 3.8) is 0 Å². The van der Waals surface area contributed by atoms with E-state index in [4.69, 9.17) is 19.2 Å². The van der Waals surface area contributed by atoms with Crippen LogP contribution in [0.25, 0.3) is 0 Å². The third-order valence-corrected chi connectivity index (χ3v) is 5.72. The first-order valence-corrected chi connectivity index (χ1v) is 10.1. The molecule has 1 saturated heterocycles. The fourth-order valence-corrected chi connectivity index (χ4v) is 4.22. The molecule has 0 radical (unpaired) electrons. The van der Waals surface area contributed by atoms with E-state index in [1.165, 1.54) is 0 Å². The van der Waals surface area contributed by atoms with Gasteiger partial charge in [-0.1, -0.05) is 6.07 Å². The van der Waals surface area contributed by atoms with Gasteiger partial charge in [-0.25, -0.2) is 9.97 Å². The quantitative estimate of drug-likeness (QED) is 0.842. The predicted octanol–water partition coefficient (Wildman–Crippen LogP) is 1.70. The average molecular weight is 396 g/mol. The smallest absolute Gasteiger partial charge is 0.270 e. The molecule has 3 aliphatic heterocycles. The van der Waals surface area contributed by atoms with E-state index < -0.39 is 0 Å². The fraction of sp³-hybridized carbons (Fsp3) is 0.476. The molecule has 0 aliphatic carbocycles. The lowest BCUT2D eigenvalue weighted by Gasteiger charge is -2.35. The second kappa shape index (κ2) is 7.51. The molecule has 29 heavy (non-hydrogen) atoms. The Morgan fingerprint density at radius 3 is 3.07 bits per heavy atom. The van der Waals surface area contributed by atoms with E-state index in [-0.39, 0.29) is 18.8 Å². The summed E-state index contributed by atoms with van der Waals surface area (Å²) in [5, 5.41) is 2.90. The molecular formula is C21H24N4O4. The lowest BCUT2D eigenvalue weighted by molar-refractivity contribution is 0.0890. The maximum Gasteiger partial charge on any atom is 0.270 e. The Morgan fingerprint density at radius 2 is 2.17 bits per heavy atom. The van der Waals surface area contributed by atoms with Gasteiger partial charge in [0.05, 0.1) is 6.10 Å².